The molecule has 2 aromatic rings. The summed E-state index contributed by atoms with van der Waals surface area (Å²) < 4.78 is 45.3. The number of piperidine rings is 1. The van der Waals surface area contributed by atoms with Gasteiger partial charge in [-0.1, -0.05) is 23.7 Å². The number of hydrogen-bond donors (Lipinski definition) is 0. The molecule has 0 aromatic heterocycles. The fraction of sp³-hybridized carbons (Fsp3) is 0.364. The molecule has 2 aromatic carbocycles. The van der Waals surface area contributed by atoms with Gasteiger partial charge in [-0.3, -0.25) is 4.79 Å². The van der Waals surface area contributed by atoms with Crippen LogP contribution in [0.4, 0.5) is 0 Å². The first kappa shape index (κ1) is 21.1. The Morgan fingerprint density at radius 2 is 2.03 bits per heavy atom. The smallest absolute Gasteiger partial charge is 0.311 e. The van der Waals surface area contributed by atoms with Gasteiger partial charge in [0.15, 0.2) is 17.3 Å². The molecule has 3 heterocycles. The maximum Gasteiger partial charge on any atom is 0.311 e. The molecule has 0 aliphatic carbocycles. The quantitative estimate of drug-likeness (QED) is 0.628. The molecule has 1 atom stereocenters. The number of esters is 1. The third-order valence-electron chi connectivity index (χ3n) is 5.70. The van der Waals surface area contributed by atoms with Gasteiger partial charge in [0.2, 0.25) is 0 Å². The van der Waals surface area contributed by atoms with E-state index in [0.717, 1.165) is 6.42 Å². The van der Waals surface area contributed by atoms with Crippen molar-refractivity contribution < 1.29 is 27.4 Å². The Kier molecular flexibility index (Phi) is 5.46. The summed E-state index contributed by atoms with van der Waals surface area (Å²) in [5.41, 5.74) is 1.29. The summed E-state index contributed by atoms with van der Waals surface area (Å²) >= 11 is 6.25. The van der Waals surface area contributed by atoms with Gasteiger partial charge in [0, 0.05) is 18.7 Å². The zero-order valence-corrected chi connectivity index (χ0v) is 18.7. The number of rotatable bonds is 3. The van der Waals surface area contributed by atoms with Crippen LogP contribution >= 0.6 is 11.6 Å². The summed E-state index contributed by atoms with van der Waals surface area (Å²) in [6, 6.07) is 10.2. The van der Waals surface area contributed by atoms with E-state index in [1.165, 1.54) is 0 Å². The standard InChI is InChI=1S/C22H21ClN2O6S/c23-17-10-14(11-18-20(17)30-9-8-29-18)13-31-22(26)15-4-3-7-25(12-15)21-16-5-1-2-6-19(16)32(27,28)24-21/h1-2,5-6,10-11,15H,3-4,7-9,12-13H2. The average molecular weight is 477 g/mol. The number of carbonyl (C=O) groups is 1. The highest BCUT2D eigenvalue weighted by Crippen LogP contribution is 2.38. The number of hydrogen-bond acceptors (Lipinski definition) is 7. The lowest BCUT2D eigenvalue weighted by atomic mass is 9.97. The molecule has 3 aliphatic rings. The number of likely N-dealkylation sites (tertiary alicyclic amines) is 1. The molecule has 1 fully saturated rings. The van der Waals surface area contributed by atoms with Crippen LogP contribution in [0.2, 0.25) is 5.02 Å². The zero-order chi connectivity index (χ0) is 22.3. The summed E-state index contributed by atoms with van der Waals surface area (Å²) in [7, 11) is -3.70. The molecule has 8 nitrogen and oxygen atoms in total. The van der Waals surface area contributed by atoms with Crippen LogP contribution in [-0.2, 0) is 26.2 Å². The van der Waals surface area contributed by atoms with Crippen molar-refractivity contribution in [1.29, 1.82) is 0 Å². The lowest BCUT2D eigenvalue weighted by Gasteiger charge is -2.33. The van der Waals surface area contributed by atoms with Gasteiger partial charge < -0.3 is 19.1 Å². The van der Waals surface area contributed by atoms with Gasteiger partial charge in [-0.25, -0.2) is 0 Å². The van der Waals surface area contributed by atoms with Gasteiger partial charge in [0.25, 0.3) is 10.0 Å². The Morgan fingerprint density at radius 1 is 1.22 bits per heavy atom. The van der Waals surface area contributed by atoms with Gasteiger partial charge in [-0.05, 0) is 42.7 Å². The van der Waals surface area contributed by atoms with E-state index in [1.807, 2.05) is 4.90 Å². The predicted octanol–water partition coefficient (Wildman–Crippen LogP) is 3.02. The van der Waals surface area contributed by atoms with Crippen LogP contribution < -0.4 is 9.47 Å². The SMILES string of the molecule is O=C(OCc1cc(Cl)c2c(c1)OCCO2)C1CCCN(C2=NS(=O)(=O)c3ccccc32)C1. The monoisotopic (exact) mass is 476 g/mol. The molecule has 0 amide bonds. The fourth-order valence-electron chi connectivity index (χ4n) is 4.20. The van der Waals surface area contributed by atoms with Gasteiger partial charge in [0.1, 0.15) is 24.7 Å². The number of nitrogens with zero attached hydrogens (tertiary/aromatic N) is 2. The zero-order valence-electron chi connectivity index (χ0n) is 17.1. The van der Waals surface area contributed by atoms with Gasteiger partial charge in [0.05, 0.1) is 10.9 Å². The summed E-state index contributed by atoms with van der Waals surface area (Å²) in [5, 5.41) is 0.413. The molecule has 1 unspecified atom stereocenters. The number of halogens is 1. The third kappa shape index (κ3) is 3.91. The molecule has 5 rings (SSSR count). The summed E-state index contributed by atoms with van der Waals surface area (Å²) in [4.78, 5) is 14.8. The number of carbonyl (C=O) groups excluding carboxylic acids is 1. The second kappa shape index (κ2) is 8.29. The molecule has 32 heavy (non-hydrogen) atoms. The minimum Gasteiger partial charge on any atom is -0.486 e. The number of sulfonamides is 1. The molecular weight excluding hydrogens is 456 g/mol. The van der Waals surface area contributed by atoms with Crippen molar-refractivity contribution in [3.8, 4) is 11.5 Å². The molecule has 1 saturated heterocycles. The van der Waals surface area contributed by atoms with Crippen molar-refractivity contribution in [2.75, 3.05) is 26.3 Å². The molecule has 3 aliphatic heterocycles. The van der Waals surface area contributed by atoms with Crippen LogP contribution in [0.5, 0.6) is 11.5 Å². The van der Waals surface area contributed by atoms with Gasteiger partial charge in [-0.2, -0.15) is 8.42 Å². The third-order valence-corrected chi connectivity index (χ3v) is 7.31. The highest BCUT2D eigenvalue weighted by molar-refractivity contribution is 7.90. The first-order valence-corrected chi connectivity index (χ1v) is 12.2. The van der Waals surface area contributed by atoms with Crippen LogP contribution in [0.25, 0.3) is 0 Å². The van der Waals surface area contributed by atoms with Crippen LogP contribution in [0.3, 0.4) is 0 Å². The topological polar surface area (TPSA) is 94.5 Å². The van der Waals surface area contributed by atoms with E-state index in [1.54, 1.807) is 36.4 Å². The maximum absolute atomic E-state index is 12.8. The van der Waals surface area contributed by atoms with Crippen LogP contribution in [0, 0.1) is 5.92 Å². The Hall–Kier alpha value is -2.78. The van der Waals surface area contributed by atoms with Gasteiger partial charge in [-0.15, -0.1) is 4.40 Å². The second-order valence-electron chi connectivity index (χ2n) is 7.88. The molecule has 0 N–H and O–H groups in total. The van der Waals surface area contributed by atoms with Crippen LogP contribution in [0.1, 0.15) is 24.0 Å². The predicted molar refractivity (Wildman–Crippen MR) is 117 cm³/mol. The molecule has 0 radical (unpaired) electrons. The lowest BCUT2D eigenvalue weighted by molar-refractivity contribution is -0.151. The first-order valence-electron chi connectivity index (χ1n) is 10.4. The van der Waals surface area contributed by atoms with E-state index in [0.29, 0.717) is 66.2 Å². The lowest BCUT2D eigenvalue weighted by Crippen LogP contribution is -2.42. The van der Waals surface area contributed by atoms with Crippen LogP contribution in [0.15, 0.2) is 45.7 Å². The summed E-state index contributed by atoms with van der Waals surface area (Å²) in [6.07, 6.45) is 1.40. The van der Waals surface area contributed by atoms with E-state index in [-0.39, 0.29) is 23.4 Å². The van der Waals surface area contributed by atoms with E-state index in [9.17, 15) is 13.2 Å². The molecule has 10 heteroatoms. The van der Waals surface area contributed by atoms with E-state index < -0.39 is 10.0 Å². The van der Waals surface area contributed by atoms with Crippen molar-refractivity contribution in [3.63, 3.8) is 0 Å². The molecule has 0 saturated carbocycles. The van der Waals surface area contributed by atoms with Crippen molar-refractivity contribution in [1.82, 2.24) is 4.90 Å². The molecule has 0 spiro atoms. The van der Waals surface area contributed by atoms with Crippen molar-refractivity contribution in [2.24, 2.45) is 10.3 Å². The van der Waals surface area contributed by atoms with Crippen molar-refractivity contribution in [3.05, 3.63) is 52.5 Å². The second-order valence-corrected chi connectivity index (χ2v) is 9.86. The Balaban J connectivity index is 1.27. The highest BCUT2D eigenvalue weighted by atomic mass is 35.5. The Bertz CT molecular complexity index is 1210. The highest BCUT2D eigenvalue weighted by Gasteiger charge is 2.35. The summed E-state index contributed by atoms with van der Waals surface area (Å²) in [6.45, 7) is 1.92. The average Bonchev–Trinajstić information content (AvgIpc) is 3.09. The Morgan fingerprint density at radius 3 is 2.91 bits per heavy atom. The first-order chi connectivity index (χ1) is 15.4. The fourth-order valence-corrected chi connectivity index (χ4v) is 5.71. The van der Waals surface area contributed by atoms with E-state index >= 15 is 0 Å². The van der Waals surface area contributed by atoms with Crippen molar-refractivity contribution in [2.45, 2.75) is 24.3 Å². The molecular formula is C22H21ClN2O6S. The number of amidine groups is 1. The molecule has 0 bridgehead atoms. The molecule has 168 valence electrons. The summed E-state index contributed by atoms with van der Waals surface area (Å²) in [5.74, 6) is 0.725. The van der Waals surface area contributed by atoms with Crippen molar-refractivity contribution >= 4 is 33.4 Å². The largest absolute Gasteiger partial charge is 0.486 e. The normalized spacial score (nSPS) is 21.0. The Labute approximate surface area is 190 Å². The van der Waals surface area contributed by atoms with E-state index in [2.05, 4.69) is 4.40 Å². The number of benzene rings is 2. The minimum absolute atomic E-state index is 0.0594. The maximum atomic E-state index is 12.8. The number of fused-ring (bicyclic) bond motifs is 2. The minimum atomic E-state index is -3.70. The van der Waals surface area contributed by atoms with E-state index in [4.69, 9.17) is 25.8 Å². The van der Waals surface area contributed by atoms with Gasteiger partial charge >= 0.3 is 5.97 Å². The number of ether oxygens (including phenoxy) is 3. The van der Waals surface area contributed by atoms with Crippen LogP contribution in [-0.4, -0.2) is 51.4 Å².